The second-order valence-corrected chi connectivity index (χ2v) is 6.66. The van der Waals surface area contributed by atoms with E-state index in [1.165, 1.54) is 38.5 Å². The van der Waals surface area contributed by atoms with Crippen molar-refractivity contribution in [2.45, 2.75) is 63.5 Å². The Kier molecular flexibility index (Phi) is 6.30. The number of nitrogens with one attached hydrogen (secondary N) is 1. The maximum atomic E-state index is 12.6. The third kappa shape index (κ3) is 4.74. The first-order valence-corrected chi connectivity index (χ1v) is 8.34. The molecular formula is C16H31N3O. The standard InChI is InChI=1S/C16H31N3O/c1-18(2)12-13-19(15-7-3-4-8-15)16(20)10-9-14-6-5-11-17-14/h14-15,17H,3-13H2,1-2H3. The first-order chi connectivity index (χ1) is 9.66. The van der Waals surface area contributed by atoms with Crippen LogP contribution in [0.4, 0.5) is 0 Å². The second-order valence-electron chi connectivity index (χ2n) is 6.66. The van der Waals surface area contributed by atoms with E-state index in [4.69, 9.17) is 0 Å². The van der Waals surface area contributed by atoms with E-state index in [1.807, 2.05) is 0 Å². The van der Waals surface area contributed by atoms with Crippen LogP contribution >= 0.6 is 0 Å². The average Bonchev–Trinajstić information content (AvgIpc) is 3.09. The van der Waals surface area contributed by atoms with Gasteiger partial charge in [0.15, 0.2) is 0 Å². The Labute approximate surface area is 123 Å². The molecule has 0 aromatic carbocycles. The van der Waals surface area contributed by atoms with E-state index >= 15 is 0 Å². The van der Waals surface area contributed by atoms with Gasteiger partial charge in [0.25, 0.3) is 0 Å². The highest BCUT2D eigenvalue weighted by atomic mass is 16.2. The molecule has 4 nitrogen and oxygen atoms in total. The van der Waals surface area contributed by atoms with Crippen molar-refractivity contribution in [3.05, 3.63) is 0 Å². The van der Waals surface area contributed by atoms with Crippen LogP contribution in [0.3, 0.4) is 0 Å². The zero-order valence-corrected chi connectivity index (χ0v) is 13.2. The van der Waals surface area contributed by atoms with Gasteiger partial charge in [-0.3, -0.25) is 4.79 Å². The number of hydrogen-bond acceptors (Lipinski definition) is 3. The lowest BCUT2D eigenvalue weighted by molar-refractivity contribution is -0.133. The van der Waals surface area contributed by atoms with Crippen molar-refractivity contribution in [3.8, 4) is 0 Å². The van der Waals surface area contributed by atoms with Crippen LogP contribution in [0.2, 0.25) is 0 Å². The SMILES string of the molecule is CN(C)CCN(C(=O)CCC1CCCN1)C1CCCC1. The van der Waals surface area contributed by atoms with Crippen molar-refractivity contribution >= 4 is 5.91 Å². The fraction of sp³-hybridized carbons (Fsp3) is 0.938. The molecule has 1 unspecified atom stereocenters. The topological polar surface area (TPSA) is 35.6 Å². The van der Waals surface area contributed by atoms with Gasteiger partial charge in [-0.2, -0.15) is 0 Å². The maximum Gasteiger partial charge on any atom is 0.222 e. The van der Waals surface area contributed by atoms with E-state index in [-0.39, 0.29) is 0 Å². The highest BCUT2D eigenvalue weighted by Gasteiger charge is 2.27. The number of hydrogen-bond donors (Lipinski definition) is 1. The van der Waals surface area contributed by atoms with Crippen molar-refractivity contribution in [2.75, 3.05) is 33.7 Å². The third-order valence-corrected chi connectivity index (χ3v) is 4.74. The fourth-order valence-corrected chi connectivity index (χ4v) is 3.48. The summed E-state index contributed by atoms with van der Waals surface area (Å²) in [5, 5.41) is 3.49. The molecule has 1 atom stereocenters. The second kappa shape index (κ2) is 7.99. The summed E-state index contributed by atoms with van der Waals surface area (Å²) in [5.74, 6) is 0.382. The lowest BCUT2D eigenvalue weighted by Crippen LogP contribution is -2.43. The van der Waals surface area contributed by atoms with Crippen LogP contribution in [0.15, 0.2) is 0 Å². The van der Waals surface area contributed by atoms with E-state index < -0.39 is 0 Å². The minimum atomic E-state index is 0.382. The molecule has 1 amide bonds. The number of rotatable bonds is 7. The molecule has 116 valence electrons. The fourth-order valence-electron chi connectivity index (χ4n) is 3.48. The normalized spacial score (nSPS) is 23.6. The summed E-state index contributed by atoms with van der Waals surface area (Å²) in [6, 6.07) is 1.09. The van der Waals surface area contributed by atoms with Gasteiger partial charge in [-0.1, -0.05) is 12.8 Å². The zero-order valence-electron chi connectivity index (χ0n) is 13.2. The third-order valence-electron chi connectivity index (χ3n) is 4.74. The lowest BCUT2D eigenvalue weighted by Gasteiger charge is -2.30. The van der Waals surface area contributed by atoms with Crippen LogP contribution in [-0.2, 0) is 4.79 Å². The number of amides is 1. The highest BCUT2D eigenvalue weighted by molar-refractivity contribution is 5.76. The van der Waals surface area contributed by atoms with Crippen LogP contribution < -0.4 is 5.32 Å². The highest BCUT2D eigenvalue weighted by Crippen LogP contribution is 2.24. The van der Waals surface area contributed by atoms with E-state index in [9.17, 15) is 4.79 Å². The summed E-state index contributed by atoms with van der Waals surface area (Å²) in [4.78, 5) is 16.9. The molecule has 2 fully saturated rings. The Morgan fingerprint density at radius 2 is 1.85 bits per heavy atom. The molecule has 1 aliphatic heterocycles. The first-order valence-electron chi connectivity index (χ1n) is 8.34. The maximum absolute atomic E-state index is 12.6. The van der Waals surface area contributed by atoms with Crippen LogP contribution in [0.1, 0.15) is 51.4 Å². The Balaban J connectivity index is 1.81. The predicted molar refractivity (Wildman–Crippen MR) is 82.8 cm³/mol. The van der Waals surface area contributed by atoms with Gasteiger partial charge in [-0.05, 0) is 52.7 Å². The number of likely N-dealkylation sites (N-methyl/N-ethyl adjacent to an activating group) is 1. The molecule has 2 aliphatic rings. The van der Waals surface area contributed by atoms with Crippen LogP contribution in [0.5, 0.6) is 0 Å². The molecule has 20 heavy (non-hydrogen) atoms. The summed E-state index contributed by atoms with van der Waals surface area (Å²) in [7, 11) is 4.17. The summed E-state index contributed by atoms with van der Waals surface area (Å²) < 4.78 is 0. The van der Waals surface area contributed by atoms with Crippen LogP contribution in [0, 0.1) is 0 Å². The molecule has 1 saturated heterocycles. The molecule has 2 rings (SSSR count). The summed E-state index contributed by atoms with van der Waals surface area (Å²) in [6.07, 6.45) is 9.26. The number of carbonyl (C=O) groups excluding carboxylic acids is 1. The quantitative estimate of drug-likeness (QED) is 0.773. The Morgan fingerprint density at radius 1 is 1.10 bits per heavy atom. The van der Waals surface area contributed by atoms with E-state index in [2.05, 4.69) is 29.2 Å². The number of nitrogens with zero attached hydrogens (tertiary/aromatic N) is 2. The molecular weight excluding hydrogens is 250 g/mol. The van der Waals surface area contributed by atoms with E-state index in [0.717, 1.165) is 32.5 Å². The lowest BCUT2D eigenvalue weighted by atomic mass is 10.1. The van der Waals surface area contributed by atoms with Gasteiger partial charge in [0.1, 0.15) is 0 Å². The Bertz CT molecular complexity index is 294. The summed E-state index contributed by atoms with van der Waals surface area (Å²) >= 11 is 0. The minimum absolute atomic E-state index is 0.382. The molecule has 1 N–H and O–H groups in total. The minimum Gasteiger partial charge on any atom is -0.338 e. The van der Waals surface area contributed by atoms with Crippen LogP contribution in [0.25, 0.3) is 0 Å². The van der Waals surface area contributed by atoms with Crippen molar-refractivity contribution in [2.24, 2.45) is 0 Å². The van der Waals surface area contributed by atoms with Gasteiger partial charge < -0.3 is 15.1 Å². The van der Waals surface area contributed by atoms with Gasteiger partial charge in [-0.15, -0.1) is 0 Å². The summed E-state index contributed by atoms with van der Waals surface area (Å²) in [6.45, 7) is 3.00. The number of carbonyl (C=O) groups is 1. The molecule has 1 heterocycles. The zero-order chi connectivity index (χ0) is 14.4. The van der Waals surface area contributed by atoms with Gasteiger partial charge in [0.05, 0.1) is 0 Å². The van der Waals surface area contributed by atoms with Gasteiger partial charge in [-0.25, -0.2) is 0 Å². The molecule has 1 saturated carbocycles. The van der Waals surface area contributed by atoms with Crippen LogP contribution in [-0.4, -0.2) is 61.5 Å². The van der Waals surface area contributed by atoms with E-state index in [0.29, 0.717) is 18.0 Å². The average molecular weight is 281 g/mol. The smallest absolute Gasteiger partial charge is 0.222 e. The summed E-state index contributed by atoms with van der Waals surface area (Å²) in [5.41, 5.74) is 0. The molecule has 0 bridgehead atoms. The monoisotopic (exact) mass is 281 g/mol. The molecule has 0 radical (unpaired) electrons. The van der Waals surface area contributed by atoms with Gasteiger partial charge in [0, 0.05) is 31.6 Å². The molecule has 0 aromatic rings. The molecule has 1 aliphatic carbocycles. The van der Waals surface area contributed by atoms with E-state index in [1.54, 1.807) is 0 Å². The Hall–Kier alpha value is -0.610. The Morgan fingerprint density at radius 3 is 2.45 bits per heavy atom. The molecule has 0 aromatic heterocycles. The molecule has 4 heteroatoms. The van der Waals surface area contributed by atoms with Crippen molar-refractivity contribution in [3.63, 3.8) is 0 Å². The van der Waals surface area contributed by atoms with Crippen molar-refractivity contribution in [1.29, 1.82) is 0 Å². The predicted octanol–water partition coefficient (Wildman–Crippen LogP) is 1.85. The van der Waals surface area contributed by atoms with Crippen molar-refractivity contribution in [1.82, 2.24) is 15.1 Å². The van der Waals surface area contributed by atoms with Crippen molar-refractivity contribution < 1.29 is 4.79 Å². The van der Waals surface area contributed by atoms with Gasteiger partial charge >= 0.3 is 0 Å². The first kappa shape index (κ1) is 15.8. The molecule has 0 spiro atoms. The van der Waals surface area contributed by atoms with Gasteiger partial charge in [0.2, 0.25) is 5.91 Å². The largest absolute Gasteiger partial charge is 0.338 e.